The molecular formula is C14H20N2O4. The molecule has 6 heteroatoms. The molecule has 1 rings (SSSR count). The molecule has 0 fully saturated rings. The van der Waals surface area contributed by atoms with Crippen LogP contribution in [-0.4, -0.2) is 42.8 Å². The summed E-state index contributed by atoms with van der Waals surface area (Å²) < 4.78 is 4.34. The lowest BCUT2D eigenvalue weighted by molar-refractivity contribution is -0.150. The summed E-state index contributed by atoms with van der Waals surface area (Å²) in [5.41, 5.74) is 6.85. The molecule has 1 aromatic carbocycles. The molecule has 0 radical (unpaired) electrons. The summed E-state index contributed by atoms with van der Waals surface area (Å²) in [4.78, 5) is 22.6. The zero-order valence-electron chi connectivity index (χ0n) is 11.4. The van der Waals surface area contributed by atoms with Crippen molar-refractivity contribution in [2.75, 3.05) is 13.7 Å². The van der Waals surface area contributed by atoms with Crippen molar-refractivity contribution in [1.82, 2.24) is 5.32 Å². The van der Waals surface area contributed by atoms with E-state index in [1.165, 1.54) is 7.11 Å². The number of nitrogens with one attached hydrogen (secondary N) is 1. The van der Waals surface area contributed by atoms with E-state index in [0.717, 1.165) is 5.56 Å². The van der Waals surface area contributed by atoms with Crippen molar-refractivity contribution < 1.29 is 19.4 Å². The molecule has 1 amide bonds. The number of nitrogens with two attached hydrogens (primary N) is 1. The van der Waals surface area contributed by atoms with Crippen LogP contribution in [0.3, 0.4) is 0 Å². The quantitative estimate of drug-likeness (QED) is 0.590. The minimum atomic E-state index is -1.37. The predicted molar refractivity (Wildman–Crippen MR) is 73.8 cm³/mol. The molecular weight excluding hydrogens is 260 g/mol. The molecule has 0 saturated heterocycles. The minimum Gasteiger partial charge on any atom is -0.467 e. The van der Waals surface area contributed by atoms with E-state index < -0.39 is 24.0 Å². The van der Waals surface area contributed by atoms with Crippen molar-refractivity contribution in [3.8, 4) is 0 Å². The third kappa shape index (κ3) is 5.38. The van der Waals surface area contributed by atoms with Crippen LogP contribution in [0.1, 0.15) is 12.0 Å². The molecule has 1 aromatic rings. The minimum absolute atomic E-state index is 0.204. The van der Waals surface area contributed by atoms with Crippen LogP contribution in [0.15, 0.2) is 30.3 Å². The number of rotatable bonds is 7. The molecule has 0 aliphatic carbocycles. The first kappa shape index (κ1) is 16.1. The van der Waals surface area contributed by atoms with Crippen LogP contribution in [0.4, 0.5) is 0 Å². The summed E-state index contributed by atoms with van der Waals surface area (Å²) in [6.45, 7) is -0.204. The summed E-state index contributed by atoms with van der Waals surface area (Å²) in [5, 5.41) is 11.7. The van der Waals surface area contributed by atoms with Crippen molar-refractivity contribution in [2.24, 2.45) is 5.73 Å². The highest BCUT2D eigenvalue weighted by molar-refractivity contribution is 5.82. The highest BCUT2D eigenvalue weighted by Crippen LogP contribution is 2.04. The summed E-state index contributed by atoms with van der Waals surface area (Å²) in [7, 11) is 1.17. The summed E-state index contributed by atoms with van der Waals surface area (Å²) in [6, 6.07) is 9.02. The van der Waals surface area contributed by atoms with Gasteiger partial charge in [-0.25, -0.2) is 4.79 Å². The van der Waals surface area contributed by atoms with Gasteiger partial charge in [-0.15, -0.1) is 0 Å². The van der Waals surface area contributed by atoms with Crippen LogP contribution in [0, 0.1) is 0 Å². The highest BCUT2D eigenvalue weighted by Gasteiger charge is 2.18. The number of carbonyl (C=O) groups excluding carboxylic acids is 2. The molecule has 4 N–H and O–H groups in total. The number of aryl methyl sites for hydroxylation is 1. The van der Waals surface area contributed by atoms with Crippen molar-refractivity contribution in [3.05, 3.63) is 35.9 Å². The first-order valence-electron chi connectivity index (χ1n) is 6.37. The van der Waals surface area contributed by atoms with Gasteiger partial charge in [-0.2, -0.15) is 0 Å². The smallest absolute Gasteiger partial charge is 0.336 e. The second kappa shape index (κ2) is 8.29. The van der Waals surface area contributed by atoms with Crippen LogP contribution >= 0.6 is 0 Å². The highest BCUT2D eigenvalue weighted by atomic mass is 16.5. The van der Waals surface area contributed by atoms with Crippen molar-refractivity contribution >= 4 is 11.9 Å². The average molecular weight is 280 g/mol. The number of esters is 1. The van der Waals surface area contributed by atoms with Gasteiger partial charge in [-0.3, -0.25) is 4.79 Å². The lowest BCUT2D eigenvalue weighted by Crippen LogP contribution is -2.45. The average Bonchev–Trinajstić information content (AvgIpc) is 2.49. The van der Waals surface area contributed by atoms with Gasteiger partial charge in [0.15, 0.2) is 6.10 Å². The molecule has 2 atom stereocenters. The van der Waals surface area contributed by atoms with E-state index in [1.54, 1.807) is 0 Å². The van der Waals surface area contributed by atoms with Gasteiger partial charge in [0.25, 0.3) is 0 Å². The maximum absolute atomic E-state index is 11.7. The topological polar surface area (TPSA) is 102 Å². The van der Waals surface area contributed by atoms with E-state index in [1.807, 2.05) is 30.3 Å². The molecule has 0 aliphatic rings. The molecule has 2 unspecified atom stereocenters. The van der Waals surface area contributed by atoms with E-state index in [2.05, 4.69) is 10.1 Å². The molecule has 6 nitrogen and oxygen atoms in total. The summed E-state index contributed by atoms with van der Waals surface area (Å²) >= 11 is 0. The first-order valence-corrected chi connectivity index (χ1v) is 6.37. The summed E-state index contributed by atoms with van der Waals surface area (Å²) in [6.07, 6.45) is -0.190. The Balaban J connectivity index is 2.31. The standard InChI is InChI=1S/C14H20N2O4/c1-20-14(19)12(17)9-16-13(18)11(15)8-7-10-5-3-2-4-6-10/h2-6,11-12,17H,7-9,15H2,1H3,(H,16,18). The second-order valence-electron chi connectivity index (χ2n) is 4.41. The molecule has 20 heavy (non-hydrogen) atoms. The van der Waals surface area contributed by atoms with E-state index in [9.17, 15) is 14.7 Å². The Morgan fingerprint density at radius 2 is 2.00 bits per heavy atom. The Morgan fingerprint density at radius 3 is 2.60 bits per heavy atom. The van der Waals surface area contributed by atoms with Gasteiger partial charge in [-0.1, -0.05) is 30.3 Å². The number of ether oxygens (including phenoxy) is 1. The molecule has 0 bridgehead atoms. The van der Waals surface area contributed by atoms with Gasteiger partial charge in [0, 0.05) is 0 Å². The van der Waals surface area contributed by atoms with Crippen LogP contribution in [0.25, 0.3) is 0 Å². The number of amides is 1. The lowest BCUT2D eigenvalue weighted by atomic mass is 10.1. The Bertz CT molecular complexity index is 436. The number of aliphatic hydroxyl groups is 1. The van der Waals surface area contributed by atoms with Crippen LogP contribution in [0.2, 0.25) is 0 Å². The molecule has 0 aliphatic heterocycles. The van der Waals surface area contributed by atoms with Gasteiger partial charge in [0.2, 0.25) is 5.91 Å². The van der Waals surface area contributed by atoms with Gasteiger partial charge in [0.1, 0.15) is 0 Å². The third-order valence-electron chi connectivity index (χ3n) is 2.87. The summed E-state index contributed by atoms with van der Waals surface area (Å²) in [5.74, 6) is -1.19. The van der Waals surface area contributed by atoms with Crippen LogP contribution in [-0.2, 0) is 20.7 Å². The molecule has 0 aromatic heterocycles. The maximum atomic E-state index is 11.7. The zero-order valence-corrected chi connectivity index (χ0v) is 11.4. The zero-order chi connectivity index (χ0) is 15.0. The number of aliphatic hydroxyl groups excluding tert-OH is 1. The van der Waals surface area contributed by atoms with Crippen LogP contribution < -0.4 is 11.1 Å². The number of benzene rings is 1. The number of methoxy groups -OCH3 is 1. The van der Waals surface area contributed by atoms with E-state index >= 15 is 0 Å². The second-order valence-corrected chi connectivity index (χ2v) is 4.41. The van der Waals surface area contributed by atoms with Crippen LogP contribution in [0.5, 0.6) is 0 Å². The van der Waals surface area contributed by atoms with E-state index in [-0.39, 0.29) is 6.54 Å². The van der Waals surface area contributed by atoms with Gasteiger partial charge in [0.05, 0.1) is 19.7 Å². The molecule has 0 spiro atoms. The molecule has 0 heterocycles. The number of hydrogen-bond acceptors (Lipinski definition) is 5. The SMILES string of the molecule is COC(=O)C(O)CNC(=O)C(N)CCc1ccccc1. The number of hydrogen-bond donors (Lipinski definition) is 3. The fourth-order valence-corrected chi connectivity index (χ4v) is 1.65. The Morgan fingerprint density at radius 1 is 1.35 bits per heavy atom. The van der Waals surface area contributed by atoms with Crippen molar-refractivity contribution in [1.29, 1.82) is 0 Å². The largest absolute Gasteiger partial charge is 0.467 e. The monoisotopic (exact) mass is 280 g/mol. The van der Waals surface area contributed by atoms with Gasteiger partial charge >= 0.3 is 5.97 Å². The Kier molecular flexibility index (Phi) is 6.69. The van der Waals surface area contributed by atoms with E-state index in [0.29, 0.717) is 12.8 Å². The van der Waals surface area contributed by atoms with Crippen molar-refractivity contribution in [3.63, 3.8) is 0 Å². The van der Waals surface area contributed by atoms with Crippen molar-refractivity contribution in [2.45, 2.75) is 25.0 Å². The van der Waals surface area contributed by atoms with Gasteiger partial charge < -0.3 is 20.9 Å². The van der Waals surface area contributed by atoms with Gasteiger partial charge in [-0.05, 0) is 18.4 Å². The molecule has 110 valence electrons. The number of carbonyl (C=O) groups is 2. The molecule has 0 saturated carbocycles. The van der Waals surface area contributed by atoms with E-state index in [4.69, 9.17) is 5.73 Å². The maximum Gasteiger partial charge on any atom is 0.336 e. The normalized spacial score (nSPS) is 13.3. The predicted octanol–water partition coefficient (Wildman–Crippen LogP) is -0.403. The Labute approximate surface area is 117 Å². The Hall–Kier alpha value is -1.92. The third-order valence-corrected chi connectivity index (χ3v) is 2.87. The fourth-order valence-electron chi connectivity index (χ4n) is 1.65. The lowest BCUT2D eigenvalue weighted by Gasteiger charge is -2.14. The fraction of sp³-hybridized carbons (Fsp3) is 0.429. The first-order chi connectivity index (χ1) is 9.54.